The summed E-state index contributed by atoms with van der Waals surface area (Å²) in [5, 5.41) is 11.3. The van der Waals surface area contributed by atoms with Crippen molar-refractivity contribution in [2.24, 2.45) is 0 Å². The summed E-state index contributed by atoms with van der Waals surface area (Å²) in [6.07, 6.45) is -0.138. The Balaban J connectivity index is 2.35. The molecule has 0 aromatic heterocycles. The number of hydrogen-bond donors (Lipinski definition) is 2. The Kier molecular flexibility index (Phi) is 9.06. The maximum Gasteiger partial charge on any atom is 0.305 e. The summed E-state index contributed by atoms with van der Waals surface area (Å²) in [5.41, 5.74) is 1.08. The Morgan fingerprint density at radius 2 is 1.46 bits per heavy atom. The smallest absolute Gasteiger partial charge is 0.305 e. The van der Waals surface area contributed by atoms with Gasteiger partial charge in [0.1, 0.15) is 0 Å². The van der Waals surface area contributed by atoms with Gasteiger partial charge in [-0.25, -0.2) is 0 Å². The molecule has 0 unspecified atom stereocenters. The first kappa shape index (κ1) is 22.8. The molecule has 0 aliphatic carbocycles. The van der Waals surface area contributed by atoms with Crippen LogP contribution in [0.25, 0.3) is 0 Å². The summed E-state index contributed by atoms with van der Waals surface area (Å²) in [4.78, 5) is 37.9. The zero-order chi connectivity index (χ0) is 19.4. The first-order chi connectivity index (χ1) is 12.3. The first-order valence-corrected chi connectivity index (χ1v) is 11.8. The Morgan fingerprint density at radius 3 is 1.96 bits per heavy atom. The second-order valence-electron chi connectivity index (χ2n) is 5.31. The number of carbonyl (C=O) groups is 3. The lowest BCUT2D eigenvalue weighted by Gasteiger charge is -2.28. The standard InChI is InChI=1S/C15H14I4N2O5/c16-10-8(14(24)20-2-1-7(22)23)11(17)13(19)9(12(10)18)15(25)21-3-5-26-6-4-21/h1-6H2,(H,20,24)(H,22,23). The van der Waals surface area contributed by atoms with Gasteiger partial charge in [-0.3, -0.25) is 14.4 Å². The summed E-state index contributed by atoms with van der Waals surface area (Å²) in [7, 11) is 0. The molecule has 0 spiro atoms. The molecule has 2 rings (SSSR count). The van der Waals surface area contributed by atoms with Crippen molar-refractivity contribution in [1.82, 2.24) is 10.2 Å². The van der Waals surface area contributed by atoms with Crippen LogP contribution < -0.4 is 5.32 Å². The number of hydrogen-bond acceptors (Lipinski definition) is 4. The maximum absolute atomic E-state index is 13.0. The highest BCUT2D eigenvalue weighted by molar-refractivity contribution is 14.1. The lowest BCUT2D eigenvalue weighted by Crippen LogP contribution is -2.41. The van der Waals surface area contributed by atoms with Crippen molar-refractivity contribution in [2.75, 3.05) is 32.8 Å². The zero-order valence-corrected chi connectivity index (χ0v) is 21.9. The Labute approximate surface area is 204 Å². The molecule has 11 heteroatoms. The number of halogens is 4. The van der Waals surface area contributed by atoms with Gasteiger partial charge in [0.2, 0.25) is 0 Å². The van der Waals surface area contributed by atoms with Crippen LogP contribution in [0.3, 0.4) is 0 Å². The van der Waals surface area contributed by atoms with Crippen molar-refractivity contribution < 1.29 is 24.2 Å². The Morgan fingerprint density at radius 1 is 0.962 bits per heavy atom. The number of amides is 2. The highest BCUT2D eigenvalue weighted by atomic mass is 127. The van der Waals surface area contributed by atoms with Crippen LogP contribution >= 0.6 is 90.4 Å². The minimum absolute atomic E-state index is 0.0575. The molecule has 0 bridgehead atoms. The number of carboxylic acid groups (broad SMARTS) is 1. The number of nitrogens with zero attached hydrogens (tertiary/aromatic N) is 1. The molecular weight excluding hydrogens is 796 g/mol. The van der Waals surface area contributed by atoms with Gasteiger partial charge in [0.15, 0.2) is 0 Å². The van der Waals surface area contributed by atoms with Crippen LogP contribution in [0.5, 0.6) is 0 Å². The van der Waals surface area contributed by atoms with Crippen LogP contribution in [0.4, 0.5) is 0 Å². The third-order valence-electron chi connectivity index (χ3n) is 3.63. The van der Waals surface area contributed by atoms with Gasteiger partial charge in [-0.05, 0) is 90.4 Å². The summed E-state index contributed by atoms with van der Waals surface area (Å²) in [5.74, 6) is -1.36. The predicted octanol–water partition coefficient (Wildman–Crippen LogP) is 2.78. The summed E-state index contributed by atoms with van der Waals surface area (Å²) in [6, 6.07) is 0. The molecule has 2 N–H and O–H groups in total. The van der Waals surface area contributed by atoms with E-state index >= 15 is 0 Å². The van der Waals surface area contributed by atoms with E-state index < -0.39 is 5.97 Å². The third-order valence-corrected chi connectivity index (χ3v) is 10.0. The van der Waals surface area contributed by atoms with Crippen molar-refractivity contribution in [3.63, 3.8) is 0 Å². The molecule has 26 heavy (non-hydrogen) atoms. The van der Waals surface area contributed by atoms with Crippen LogP contribution in [-0.2, 0) is 9.53 Å². The Bertz CT molecular complexity index is 721. The van der Waals surface area contributed by atoms with Crippen molar-refractivity contribution in [1.29, 1.82) is 0 Å². The zero-order valence-electron chi connectivity index (χ0n) is 13.3. The van der Waals surface area contributed by atoms with Crippen LogP contribution in [0, 0.1) is 14.3 Å². The monoisotopic (exact) mass is 810 g/mol. The van der Waals surface area contributed by atoms with E-state index in [0.717, 1.165) is 7.14 Å². The fraction of sp³-hybridized carbons (Fsp3) is 0.400. The van der Waals surface area contributed by atoms with Gasteiger partial charge in [0.05, 0.1) is 30.8 Å². The van der Waals surface area contributed by atoms with Crippen molar-refractivity contribution >= 4 is 108 Å². The number of nitrogens with one attached hydrogen (secondary N) is 1. The van der Waals surface area contributed by atoms with E-state index in [1.807, 2.05) is 0 Å². The van der Waals surface area contributed by atoms with Gasteiger partial charge < -0.3 is 20.1 Å². The minimum atomic E-state index is -0.967. The van der Waals surface area contributed by atoms with Crippen LogP contribution in [0.15, 0.2) is 0 Å². The fourth-order valence-corrected chi connectivity index (χ4v) is 6.46. The molecule has 1 saturated heterocycles. The minimum Gasteiger partial charge on any atom is -0.481 e. The highest BCUT2D eigenvalue weighted by Crippen LogP contribution is 2.33. The molecule has 1 fully saturated rings. The highest BCUT2D eigenvalue weighted by Gasteiger charge is 2.29. The summed E-state index contributed by atoms with van der Waals surface area (Å²) in [6.45, 7) is 2.21. The number of benzene rings is 1. The quantitative estimate of drug-likeness (QED) is 0.353. The second-order valence-corrected chi connectivity index (χ2v) is 9.63. The molecular formula is C15H14I4N2O5. The normalized spacial score (nSPS) is 14.2. The van der Waals surface area contributed by atoms with Gasteiger partial charge in [0, 0.05) is 33.9 Å². The average molecular weight is 810 g/mol. The number of morpholine rings is 1. The number of carbonyl (C=O) groups excluding carboxylic acids is 2. The van der Waals surface area contributed by atoms with Gasteiger partial charge in [-0.1, -0.05) is 0 Å². The lowest BCUT2D eigenvalue weighted by molar-refractivity contribution is -0.136. The molecule has 0 saturated carbocycles. The molecule has 1 aromatic rings. The summed E-state index contributed by atoms with van der Waals surface area (Å²) < 4.78 is 8.15. The molecule has 1 aliphatic heterocycles. The molecule has 1 aliphatic rings. The number of aliphatic carboxylic acids is 1. The van der Waals surface area contributed by atoms with Gasteiger partial charge >= 0.3 is 5.97 Å². The SMILES string of the molecule is O=C(O)CCNC(=O)c1c(I)c(I)c(C(=O)N2CCOCC2)c(I)c1I. The fourth-order valence-electron chi connectivity index (χ4n) is 2.31. The van der Waals surface area contributed by atoms with E-state index in [2.05, 4.69) is 95.7 Å². The van der Waals surface area contributed by atoms with Gasteiger partial charge in [-0.15, -0.1) is 0 Å². The van der Waals surface area contributed by atoms with E-state index in [9.17, 15) is 14.4 Å². The van der Waals surface area contributed by atoms with Crippen molar-refractivity contribution in [2.45, 2.75) is 6.42 Å². The lowest BCUT2D eigenvalue weighted by atomic mass is 10.1. The number of rotatable bonds is 5. The van der Waals surface area contributed by atoms with E-state index in [0.29, 0.717) is 44.6 Å². The average Bonchev–Trinajstić information content (AvgIpc) is 2.60. The maximum atomic E-state index is 13.0. The molecule has 2 amide bonds. The Hall–Kier alpha value is 0.510. The van der Waals surface area contributed by atoms with E-state index in [1.54, 1.807) is 4.90 Å². The van der Waals surface area contributed by atoms with E-state index in [-0.39, 0.29) is 24.8 Å². The molecule has 0 radical (unpaired) electrons. The van der Waals surface area contributed by atoms with Crippen LogP contribution in [0.1, 0.15) is 27.1 Å². The second kappa shape index (κ2) is 10.3. The van der Waals surface area contributed by atoms with Crippen LogP contribution in [-0.4, -0.2) is 60.6 Å². The first-order valence-electron chi connectivity index (χ1n) is 7.48. The molecule has 1 heterocycles. The largest absolute Gasteiger partial charge is 0.481 e. The molecule has 142 valence electrons. The van der Waals surface area contributed by atoms with Crippen molar-refractivity contribution in [3.05, 3.63) is 25.4 Å². The van der Waals surface area contributed by atoms with Crippen molar-refractivity contribution in [3.8, 4) is 0 Å². The van der Waals surface area contributed by atoms with E-state index in [1.165, 1.54) is 0 Å². The molecule has 7 nitrogen and oxygen atoms in total. The third kappa shape index (κ3) is 5.31. The molecule has 0 atom stereocenters. The topological polar surface area (TPSA) is 95.9 Å². The number of ether oxygens (including phenoxy) is 1. The summed E-state index contributed by atoms with van der Waals surface area (Å²) >= 11 is 8.33. The molecule has 1 aromatic carbocycles. The van der Waals surface area contributed by atoms with Gasteiger partial charge in [-0.2, -0.15) is 0 Å². The predicted molar refractivity (Wildman–Crippen MR) is 129 cm³/mol. The van der Waals surface area contributed by atoms with Crippen LogP contribution in [0.2, 0.25) is 0 Å². The van der Waals surface area contributed by atoms with E-state index in [4.69, 9.17) is 9.84 Å². The number of carboxylic acids is 1. The van der Waals surface area contributed by atoms with Gasteiger partial charge in [0.25, 0.3) is 11.8 Å².